The van der Waals surface area contributed by atoms with Gasteiger partial charge in [-0.25, -0.2) is 0 Å². The smallest absolute Gasteiger partial charge is 0.0667 e. The van der Waals surface area contributed by atoms with Crippen molar-refractivity contribution in [2.45, 2.75) is 71.4 Å². The number of hydrogen-bond donors (Lipinski definition) is 3. The summed E-state index contributed by atoms with van der Waals surface area (Å²) in [5.41, 5.74) is 0.121. The molecule has 3 N–H and O–H groups in total. The van der Waals surface area contributed by atoms with Gasteiger partial charge in [0, 0.05) is 19.2 Å². The molecule has 1 fully saturated rings. The van der Waals surface area contributed by atoms with Crippen LogP contribution in [-0.2, 0) is 0 Å². The van der Waals surface area contributed by atoms with E-state index in [1.54, 1.807) is 0 Å². The molecule has 0 aromatic rings. The number of nitrogens with one attached hydrogen (secondary N) is 1. The molecule has 1 aliphatic rings. The summed E-state index contributed by atoms with van der Waals surface area (Å²) in [4.78, 5) is 0. The summed E-state index contributed by atoms with van der Waals surface area (Å²) in [6.07, 6.45) is 6.69. The minimum atomic E-state index is -0.239. The lowest BCUT2D eigenvalue weighted by atomic mass is 9.84. The lowest BCUT2D eigenvalue weighted by Crippen LogP contribution is -2.44. The molecular formula is C15H31NO2. The molecule has 0 saturated heterocycles. The van der Waals surface area contributed by atoms with E-state index >= 15 is 0 Å². The van der Waals surface area contributed by atoms with Crippen molar-refractivity contribution in [3.05, 3.63) is 0 Å². The Labute approximate surface area is 112 Å². The van der Waals surface area contributed by atoms with Crippen LogP contribution in [0.1, 0.15) is 59.3 Å². The normalized spacial score (nSPS) is 21.2. The average molecular weight is 257 g/mol. The third kappa shape index (κ3) is 5.68. The molecule has 0 aromatic heterocycles. The number of hydrogen-bond acceptors (Lipinski definition) is 3. The second-order valence-corrected chi connectivity index (χ2v) is 6.88. The van der Waals surface area contributed by atoms with Crippen molar-refractivity contribution in [3.63, 3.8) is 0 Å². The Morgan fingerprint density at radius 1 is 1.22 bits per heavy atom. The van der Waals surface area contributed by atoms with Gasteiger partial charge in [0.2, 0.25) is 0 Å². The van der Waals surface area contributed by atoms with E-state index in [0.717, 1.165) is 18.8 Å². The minimum Gasteiger partial charge on any atom is -0.396 e. The van der Waals surface area contributed by atoms with Gasteiger partial charge in [-0.1, -0.05) is 46.5 Å². The number of rotatable bonds is 7. The fourth-order valence-electron chi connectivity index (χ4n) is 2.96. The Kier molecular flexibility index (Phi) is 6.61. The molecule has 1 aliphatic carbocycles. The van der Waals surface area contributed by atoms with Crippen LogP contribution in [0.4, 0.5) is 0 Å². The summed E-state index contributed by atoms with van der Waals surface area (Å²) in [6, 6.07) is 0.265. The van der Waals surface area contributed by atoms with E-state index in [0.29, 0.717) is 6.54 Å². The van der Waals surface area contributed by atoms with Crippen LogP contribution >= 0.6 is 0 Å². The van der Waals surface area contributed by atoms with Crippen LogP contribution in [0, 0.1) is 11.3 Å². The van der Waals surface area contributed by atoms with Gasteiger partial charge in [-0.3, -0.25) is 0 Å². The molecule has 2 atom stereocenters. The summed E-state index contributed by atoms with van der Waals surface area (Å²) in [5.74, 6) is 0.729. The SMILES string of the molecule is CC(C)(C)C(CCO)NCC(O)CC1CCCC1. The number of aliphatic hydroxyl groups is 2. The molecule has 108 valence electrons. The van der Waals surface area contributed by atoms with Crippen LogP contribution in [0.15, 0.2) is 0 Å². The van der Waals surface area contributed by atoms with E-state index in [2.05, 4.69) is 26.1 Å². The molecule has 0 spiro atoms. The van der Waals surface area contributed by atoms with Crippen molar-refractivity contribution in [2.24, 2.45) is 11.3 Å². The van der Waals surface area contributed by atoms with Crippen LogP contribution in [-0.4, -0.2) is 35.5 Å². The van der Waals surface area contributed by atoms with E-state index in [4.69, 9.17) is 5.11 Å². The third-order valence-electron chi connectivity index (χ3n) is 4.14. The first-order valence-corrected chi connectivity index (χ1v) is 7.45. The van der Waals surface area contributed by atoms with Crippen molar-refractivity contribution >= 4 is 0 Å². The highest BCUT2D eigenvalue weighted by atomic mass is 16.3. The van der Waals surface area contributed by atoms with Crippen LogP contribution in [0.2, 0.25) is 0 Å². The van der Waals surface area contributed by atoms with Gasteiger partial charge < -0.3 is 15.5 Å². The van der Waals surface area contributed by atoms with Gasteiger partial charge in [-0.05, 0) is 24.2 Å². The minimum absolute atomic E-state index is 0.121. The second-order valence-electron chi connectivity index (χ2n) is 6.88. The molecule has 18 heavy (non-hydrogen) atoms. The van der Waals surface area contributed by atoms with Gasteiger partial charge in [0.1, 0.15) is 0 Å². The molecular weight excluding hydrogens is 226 g/mol. The molecule has 2 unspecified atom stereocenters. The topological polar surface area (TPSA) is 52.5 Å². The zero-order valence-corrected chi connectivity index (χ0v) is 12.3. The van der Waals surface area contributed by atoms with Crippen molar-refractivity contribution < 1.29 is 10.2 Å². The molecule has 0 amide bonds. The molecule has 0 heterocycles. The van der Waals surface area contributed by atoms with E-state index in [1.807, 2.05) is 0 Å². The molecule has 0 aromatic carbocycles. The number of aliphatic hydroxyl groups excluding tert-OH is 2. The Bertz CT molecular complexity index is 219. The van der Waals surface area contributed by atoms with Crippen LogP contribution in [0.3, 0.4) is 0 Å². The van der Waals surface area contributed by atoms with Gasteiger partial charge in [-0.2, -0.15) is 0 Å². The van der Waals surface area contributed by atoms with E-state index in [-0.39, 0.29) is 24.2 Å². The van der Waals surface area contributed by atoms with Gasteiger partial charge in [0.05, 0.1) is 6.10 Å². The van der Waals surface area contributed by atoms with Gasteiger partial charge in [-0.15, -0.1) is 0 Å². The maximum absolute atomic E-state index is 10.1. The molecule has 0 aliphatic heterocycles. The maximum atomic E-state index is 10.1. The van der Waals surface area contributed by atoms with E-state index in [1.165, 1.54) is 25.7 Å². The zero-order chi connectivity index (χ0) is 13.6. The first kappa shape index (κ1) is 15.9. The monoisotopic (exact) mass is 257 g/mol. The quantitative estimate of drug-likeness (QED) is 0.656. The molecule has 1 saturated carbocycles. The van der Waals surface area contributed by atoms with E-state index in [9.17, 15) is 5.11 Å². The van der Waals surface area contributed by atoms with Crippen LogP contribution < -0.4 is 5.32 Å². The van der Waals surface area contributed by atoms with Gasteiger partial charge >= 0.3 is 0 Å². The molecule has 1 rings (SSSR count). The Hall–Kier alpha value is -0.120. The fraction of sp³-hybridized carbons (Fsp3) is 1.00. The van der Waals surface area contributed by atoms with E-state index < -0.39 is 0 Å². The lowest BCUT2D eigenvalue weighted by molar-refractivity contribution is 0.120. The molecule has 3 heteroatoms. The largest absolute Gasteiger partial charge is 0.396 e. The highest BCUT2D eigenvalue weighted by Gasteiger charge is 2.25. The Balaban J connectivity index is 2.27. The van der Waals surface area contributed by atoms with Gasteiger partial charge in [0.25, 0.3) is 0 Å². The second kappa shape index (κ2) is 7.46. The molecule has 3 nitrogen and oxygen atoms in total. The standard InChI is InChI=1S/C15H31NO2/c1-15(2,3)14(8-9-17)16-11-13(18)10-12-6-4-5-7-12/h12-14,16-18H,4-11H2,1-3H3. The highest BCUT2D eigenvalue weighted by molar-refractivity contribution is 4.82. The summed E-state index contributed by atoms with van der Waals surface area (Å²) >= 11 is 0. The summed E-state index contributed by atoms with van der Waals surface area (Å²) in [7, 11) is 0. The van der Waals surface area contributed by atoms with Crippen LogP contribution in [0.25, 0.3) is 0 Å². The highest BCUT2D eigenvalue weighted by Crippen LogP contribution is 2.28. The summed E-state index contributed by atoms with van der Waals surface area (Å²) in [6.45, 7) is 7.36. The first-order valence-electron chi connectivity index (χ1n) is 7.45. The average Bonchev–Trinajstić information content (AvgIpc) is 2.75. The van der Waals surface area contributed by atoms with Crippen molar-refractivity contribution in [2.75, 3.05) is 13.2 Å². The van der Waals surface area contributed by atoms with Gasteiger partial charge in [0.15, 0.2) is 0 Å². The predicted octanol–water partition coefficient (Wildman–Crippen LogP) is 2.31. The molecule has 0 radical (unpaired) electrons. The van der Waals surface area contributed by atoms with Crippen molar-refractivity contribution in [1.29, 1.82) is 0 Å². The zero-order valence-electron chi connectivity index (χ0n) is 12.3. The fourth-order valence-corrected chi connectivity index (χ4v) is 2.96. The summed E-state index contributed by atoms with van der Waals surface area (Å²) in [5, 5.41) is 22.6. The Morgan fingerprint density at radius 2 is 1.83 bits per heavy atom. The third-order valence-corrected chi connectivity index (χ3v) is 4.14. The summed E-state index contributed by atoms with van der Waals surface area (Å²) < 4.78 is 0. The Morgan fingerprint density at radius 3 is 2.33 bits per heavy atom. The first-order chi connectivity index (χ1) is 8.43. The lowest BCUT2D eigenvalue weighted by Gasteiger charge is -2.32. The maximum Gasteiger partial charge on any atom is 0.0667 e. The molecule has 0 bridgehead atoms. The predicted molar refractivity (Wildman–Crippen MR) is 75.5 cm³/mol. The van der Waals surface area contributed by atoms with Crippen LogP contribution in [0.5, 0.6) is 0 Å². The van der Waals surface area contributed by atoms with Crippen molar-refractivity contribution in [1.82, 2.24) is 5.32 Å². The van der Waals surface area contributed by atoms with Crippen molar-refractivity contribution in [3.8, 4) is 0 Å².